The second-order valence-corrected chi connectivity index (χ2v) is 18.5. The average molecular weight is 908 g/mol. The first-order chi connectivity index (χ1) is 30.2. The second-order valence-electron chi connectivity index (χ2n) is 18.5. The summed E-state index contributed by atoms with van der Waals surface area (Å²) >= 11 is 0. The summed E-state index contributed by atoms with van der Waals surface area (Å²) in [4.78, 5) is 17.1. The van der Waals surface area contributed by atoms with Gasteiger partial charge in [0.05, 0.1) is 22.8 Å². The van der Waals surface area contributed by atoms with Crippen LogP contribution >= 0.6 is 0 Å². The van der Waals surface area contributed by atoms with Crippen molar-refractivity contribution in [1.29, 1.82) is 0 Å². The molecule has 0 radical (unpaired) electrons. The van der Waals surface area contributed by atoms with E-state index in [0.29, 0.717) is 0 Å². The zero-order valence-corrected chi connectivity index (χ0v) is 47.9. The maximum atomic E-state index is 4.27. The van der Waals surface area contributed by atoms with E-state index < -0.39 is 0 Å². The highest BCUT2D eigenvalue weighted by atomic mass is 15.1. The van der Waals surface area contributed by atoms with Crippen LogP contribution in [0, 0.1) is 166 Å². The van der Waals surface area contributed by atoms with Gasteiger partial charge in [-0.3, -0.25) is 0 Å². The van der Waals surface area contributed by atoms with Gasteiger partial charge < -0.3 is 32.0 Å². The van der Waals surface area contributed by atoms with Gasteiger partial charge in [-0.2, -0.15) is 0 Å². The molecule has 0 fully saturated rings. The van der Waals surface area contributed by atoms with E-state index in [4.69, 9.17) is 0 Å². The van der Waals surface area contributed by atoms with Crippen LogP contribution in [0.3, 0.4) is 0 Å². The Labute approximate surface area is 402 Å². The molecule has 0 aliphatic heterocycles. The minimum Gasteiger partial charge on any atom is -0.352 e. The minimum atomic E-state index is 1.09. The summed E-state index contributed by atoms with van der Waals surface area (Å²) < 4.78 is 15.1. The lowest BCUT2D eigenvalue weighted by Crippen LogP contribution is -1.92. The first-order valence-electron chi connectivity index (χ1n) is 23.3. The maximum absolute atomic E-state index is 4.27. The third-order valence-corrected chi connectivity index (χ3v) is 15.3. The molecule has 0 spiro atoms. The number of aromatic nitrogens is 11. The van der Waals surface area contributed by atoms with Gasteiger partial charge in [0.2, 0.25) is 0 Å². The highest BCUT2D eigenvalue weighted by Gasteiger charge is 2.09. The predicted molar refractivity (Wildman–Crippen MR) is 283 cm³/mol. The van der Waals surface area contributed by atoms with Gasteiger partial charge in [-0.05, 0) is 200 Å². The Hall–Kier alpha value is -5.32. The Morgan fingerprint density at radius 3 is 0.333 bits per heavy atom. The van der Waals surface area contributed by atoms with E-state index in [0.717, 1.165) is 46.1 Å². The smallest absolute Gasteiger partial charge is 0.105 e. The Balaban J connectivity index is 0.000000385. The Kier molecular flexibility index (Phi) is 21.7. The molecule has 0 aliphatic rings. The second kappa shape index (κ2) is 24.4. The van der Waals surface area contributed by atoms with Gasteiger partial charge in [0.25, 0.3) is 0 Å². The first kappa shape index (κ1) is 58.7. The van der Waals surface area contributed by atoms with Gasteiger partial charge in [-0.25, -0.2) is 19.9 Å². The van der Waals surface area contributed by atoms with E-state index in [9.17, 15) is 0 Å². The molecule has 0 N–H and O–H groups in total. The number of imidazole rings is 4. The molecule has 7 aromatic rings. The van der Waals surface area contributed by atoms with E-state index in [1.54, 1.807) is 0 Å². The largest absolute Gasteiger partial charge is 0.352 e. The van der Waals surface area contributed by atoms with Gasteiger partial charge in [0.15, 0.2) is 0 Å². The molecule has 0 aromatic carbocycles. The van der Waals surface area contributed by atoms with Crippen molar-refractivity contribution in [3.8, 4) is 0 Å². The lowest BCUT2D eigenvalue weighted by Gasteiger charge is -1.98. The number of hydrogen-bond donors (Lipinski definition) is 0. The van der Waals surface area contributed by atoms with Crippen LogP contribution in [0.25, 0.3) is 0 Å². The zero-order chi connectivity index (χ0) is 51.7. The summed E-state index contributed by atoms with van der Waals surface area (Å²) in [6, 6.07) is 0. The van der Waals surface area contributed by atoms with Crippen molar-refractivity contribution in [1.82, 2.24) is 51.9 Å². The number of rotatable bonds is 0. The standard InChI is InChI=1S/3C9H15N.4C7H12N2/c3*1-6-7(2)9(4)10(5)8(6)3;4*1-5-6(2)9(4)7(3)8-5/h3*1-5H3;4*1-4H3. The van der Waals surface area contributed by atoms with E-state index >= 15 is 0 Å². The van der Waals surface area contributed by atoms with Crippen molar-refractivity contribution in [2.45, 2.75) is 166 Å². The van der Waals surface area contributed by atoms with Crippen LogP contribution in [-0.2, 0) is 49.3 Å². The van der Waals surface area contributed by atoms with Gasteiger partial charge in [0, 0.05) is 106 Å². The topological polar surface area (TPSA) is 86.1 Å². The fourth-order valence-electron chi connectivity index (χ4n) is 7.43. The molecular weight excluding hydrogens is 815 g/mol. The highest BCUT2D eigenvalue weighted by molar-refractivity contribution is 5.36. The summed E-state index contributed by atoms with van der Waals surface area (Å²) in [5, 5.41) is 0. The molecule has 0 amide bonds. The fraction of sp³-hybridized carbons (Fsp3) is 0.564. The van der Waals surface area contributed by atoms with Crippen molar-refractivity contribution in [2.75, 3.05) is 0 Å². The van der Waals surface area contributed by atoms with Crippen LogP contribution in [-0.4, -0.2) is 51.9 Å². The molecule has 0 aliphatic carbocycles. The molecule has 0 unspecified atom stereocenters. The zero-order valence-electron chi connectivity index (χ0n) is 47.9. The molecular formula is C55H93N11. The molecule has 7 rings (SSSR count). The van der Waals surface area contributed by atoms with Crippen molar-refractivity contribution < 1.29 is 0 Å². The van der Waals surface area contributed by atoms with Gasteiger partial charge in [-0.15, -0.1) is 0 Å². The quantitative estimate of drug-likeness (QED) is 0.152. The summed E-state index contributed by atoms with van der Waals surface area (Å²) in [7, 11) is 14.5. The molecule has 11 heteroatoms. The van der Waals surface area contributed by atoms with E-state index in [2.05, 4.69) is 184 Å². The van der Waals surface area contributed by atoms with Gasteiger partial charge in [-0.1, -0.05) is 0 Å². The number of aryl methyl sites for hydroxylation is 8. The average Bonchev–Trinajstić information content (AvgIpc) is 3.97. The summed E-state index contributed by atoms with van der Waals surface area (Å²) in [5.74, 6) is 4.35. The molecule has 0 atom stereocenters. The van der Waals surface area contributed by atoms with E-state index in [1.165, 1.54) is 90.3 Å². The van der Waals surface area contributed by atoms with Crippen LogP contribution in [0.4, 0.5) is 0 Å². The highest BCUT2D eigenvalue weighted by Crippen LogP contribution is 2.20. The third-order valence-electron chi connectivity index (χ3n) is 15.3. The summed E-state index contributed by atoms with van der Waals surface area (Å²) in [5.41, 5.74) is 26.5. The lowest BCUT2D eigenvalue weighted by molar-refractivity contribution is 0.827. The SMILES string of the molecule is Cc1c(C)c(C)n(C)c1C.Cc1c(C)c(C)n(C)c1C.Cc1c(C)c(C)n(C)c1C.Cc1nc(C)n(C)c1C.Cc1nc(C)n(C)c1C.Cc1nc(C)n(C)c1C.Cc1nc(C)n(C)c1C. The molecule has 7 heterocycles. The predicted octanol–water partition coefficient (Wildman–Crippen LogP) is 12.2. The Morgan fingerprint density at radius 2 is 0.303 bits per heavy atom. The fourth-order valence-corrected chi connectivity index (χ4v) is 7.43. The third kappa shape index (κ3) is 13.9. The van der Waals surface area contributed by atoms with Crippen LogP contribution in [0.2, 0.25) is 0 Å². The van der Waals surface area contributed by atoms with E-state index in [-0.39, 0.29) is 0 Å². The minimum absolute atomic E-state index is 1.09. The number of nitrogens with zero attached hydrogens (tertiary/aromatic N) is 11. The maximum Gasteiger partial charge on any atom is 0.105 e. The van der Waals surface area contributed by atoms with Crippen molar-refractivity contribution in [2.24, 2.45) is 49.3 Å². The molecule has 0 saturated carbocycles. The molecule has 66 heavy (non-hydrogen) atoms. The monoisotopic (exact) mass is 908 g/mol. The molecule has 11 nitrogen and oxygen atoms in total. The van der Waals surface area contributed by atoms with Crippen LogP contribution in [0.1, 0.15) is 136 Å². The van der Waals surface area contributed by atoms with Gasteiger partial charge in [0.1, 0.15) is 23.3 Å². The van der Waals surface area contributed by atoms with Gasteiger partial charge >= 0.3 is 0 Å². The number of hydrogen-bond acceptors (Lipinski definition) is 4. The van der Waals surface area contributed by atoms with Crippen LogP contribution in [0.15, 0.2) is 0 Å². The van der Waals surface area contributed by atoms with Crippen LogP contribution in [0.5, 0.6) is 0 Å². The molecule has 0 bridgehead atoms. The molecule has 0 saturated heterocycles. The van der Waals surface area contributed by atoms with Crippen molar-refractivity contribution >= 4 is 0 Å². The summed E-state index contributed by atoms with van der Waals surface area (Å²) in [6.07, 6.45) is 0. The molecule has 368 valence electrons. The summed E-state index contributed by atoms with van der Waals surface area (Å²) in [6.45, 7) is 50.5. The van der Waals surface area contributed by atoms with Crippen molar-refractivity contribution in [3.05, 3.63) is 136 Å². The van der Waals surface area contributed by atoms with E-state index in [1.807, 2.05) is 83.6 Å². The lowest BCUT2D eigenvalue weighted by atomic mass is 10.2. The normalized spacial score (nSPS) is 10.3. The first-order valence-corrected chi connectivity index (χ1v) is 23.3. The van der Waals surface area contributed by atoms with Crippen molar-refractivity contribution in [3.63, 3.8) is 0 Å². The Morgan fingerprint density at radius 1 is 0.182 bits per heavy atom. The van der Waals surface area contributed by atoms with Crippen LogP contribution < -0.4 is 0 Å². The Bertz CT molecular complexity index is 2030. The molecule has 7 aromatic heterocycles.